The maximum atomic E-state index is 13.3. The molecule has 1 heterocycles. The van der Waals surface area contributed by atoms with E-state index in [0.29, 0.717) is 11.1 Å². The SMILES string of the molecule is O=S([O-])c1ccc(-c2cccnc2F)cc1. The molecule has 0 aliphatic heterocycles. The highest BCUT2D eigenvalue weighted by Gasteiger charge is 2.04. The molecule has 0 radical (unpaired) electrons. The van der Waals surface area contributed by atoms with Gasteiger partial charge >= 0.3 is 0 Å². The van der Waals surface area contributed by atoms with Gasteiger partial charge in [0.05, 0.1) is 0 Å². The third-order valence-electron chi connectivity index (χ3n) is 2.12. The van der Waals surface area contributed by atoms with Crippen LogP contribution in [-0.2, 0) is 11.1 Å². The number of hydrogen-bond donors (Lipinski definition) is 0. The van der Waals surface area contributed by atoms with Crippen molar-refractivity contribution >= 4 is 11.1 Å². The van der Waals surface area contributed by atoms with Crippen LogP contribution in [0.1, 0.15) is 0 Å². The molecule has 16 heavy (non-hydrogen) atoms. The van der Waals surface area contributed by atoms with E-state index in [-0.39, 0.29) is 4.90 Å². The molecular formula is C11H7FNO2S-. The highest BCUT2D eigenvalue weighted by molar-refractivity contribution is 7.79. The smallest absolute Gasteiger partial charge is 0.220 e. The fourth-order valence-electron chi connectivity index (χ4n) is 1.35. The Kier molecular flexibility index (Phi) is 3.07. The Labute approximate surface area is 94.3 Å². The van der Waals surface area contributed by atoms with Crippen LogP contribution in [0.25, 0.3) is 11.1 Å². The van der Waals surface area contributed by atoms with Gasteiger partial charge < -0.3 is 4.55 Å². The molecule has 0 fully saturated rings. The van der Waals surface area contributed by atoms with Gasteiger partial charge in [-0.1, -0.05) is 12.1 Å². The van der Waals surface area contributed by atoms with Crippen molar-refractivity contribution in [2.45, 2.75) is 4.90 Å². The highest BCUT2D eigenvalue weighted by Crippen LogP contribution is 2.21. The van der Waals surface area contributed by atoms with E-state index < -0.39 is 17.0 Å². The minimum atomic E-state index is -2.26. The minimum absolute atomic E-state index is 0.174. The van der Waals surface area contributed by atoms with Gasteiger partial charge in [0, 0.05) is 16.7 Å². The molecule has 0 aliphatic rings. The predicted molar refractivity (Wildman–Crippen MR) is 56.8 cm³/mol. The fraction of sp³-hybridized carbons (Fsp3) is 0. The van der Waals surface area contributed by atoms with Crippen LogP contribution in [-0.4, -0.2) is 13.7 Å². The first-order chi connectivity index (χ1) is 7.68. The summed E-state index contributed by atoms with van der Waals surface area (Å²) in [7, 11) is 0. The van der Waals surface area contributed by atoms with E-state index in [0.717, 1.165) is 0 Å². The molecule has 0 saturated carbocycles. The first-order valence-corrected chi connectivity index (χ1v) is 5.56. The molecule has 1 aromatic carbocycles. The molecule has 0 saturated heterocycles. The van der Waals surface area contributed by atoms with Crippen molar-refractivity contribution in [3.8, 4) is 11.1 Å². The Bertz CT molecular complexity index is 528. The van der Waals surface area contributed by atoms with Crippen LogP contribution in [0.3, 0.4) is 0 Å². The highest BCUT2D eigenvalue weighted by atomic mass is 32.2. The van der Waals surface area contributed by atoms with Gasteiger partial charge in [-0.2, -0.15) is 4.39 Å². The lowest BCUT2D eigenvalue weighted by Crippen LogP contribution is -1.90. The van der Waals surface area contributed by atoms with Crippen molar-refractivity contribution in [1.82, 2.24) is 4.98 Å². The van der Waals surface area contributed by atoms with Crippen LogP contribution in [0.5, 0.6) is 0 Å². The summed E-state index contributed by atoms with van der Waals surface area (Å²) in [6, 6.07) is 9.15. The van der Waals surface area contributed by atoms with E-state index in [4.69, 9.17) is 0 Å². The Morgan fingerprint density at radius 3 is 2.44 bits per heavy atom. The molecule has 0 aliphatic carbocycles. The molecule has 1 aromatic heterocycles. The molecule has 2 rings (SSSR count). The summed E-state index contributed by atoms with van der Waals surface area (Å²) >= 11 is -2.26. The van der Waals surface area contributed by atoms with E-state index in [1.54, 1.807) is 24.3 Å². The Hall–Kier alpha value is -1.59. The molecule has 0 spiro atoms. The van der Waals surface area contributed by atoms with E-state index in [1.807, 2.05) is 0 Å². The van der Waals surface area contributed by atoms with Gasteiger partial charge in [0.25, 0.3) is 0 Å². The summed E-state index contributed by atoms with van der Waals surface area (Å²) in [6.45, 7) is 0. The topological polar surface area (TPSA) is 53.0 Å². The molecule has 0 N–H and O–H groups in total. The summed E-state index contributed by atoms with van der Waals surface area (Å²) in [4.78, 5) is 3.70. The van der Waals surface area contributed by atoms with Crippen molar-refractivity contribution in [1.29, 1.82) is 0 Å². The van der Waals surface area contributed by atoms with E-state index in [9.17, 15) is 13.2 Å². The van der Waals surface area contributed by atoms with E-state index >= 15 is 0 Å². The predicted octanol–water partition coefficient (Wildman–Crippen LogP) is 2.13. The van der Waals surface area contributed by atoms with Crippen LogP contribution in [0.15, 0.2) is 47.5 Å². The fourth-order valence-corrected chi connectivity index (χ4v) is 1.71. The quantitative estimate of drug-likeness (QED) is 0.593. The van der Waals surface area contributed by atoms with E-state index in [2.05, 4.69) is 4.98 Å². The van der Waals surface area contributed by atoms with E-state index in [1.165, 1.54) is 18.3 Å². The first-order valence-electron chi connectivity index (χ1n) is 4.48. The maximum absolute atomic E-state index is 13.3. The van der Waals surface area contributed by atoms with Crippen molar-refractivity contribution in [3.05, 3.63) is 48.5 Å². The molecular weight excluding hydrogens is 229 g/mol. The third-order valence-corrected chi connectivity index (χ3v) is 2.77. The molecule has 0 bridgehead atoms. The zero-order valence-electron chi connectivity index (χ0n) is 8.09. The number of benzene rings is 1. The molecule has 5 heteroatoms. The average Bonchev–Trinajstić information content (AvgIpc) is 2.30. The van der Waals surface area contributed by atoms with Crippen molar-refractivity contribution in [2.24, 2.45) is 0 Å². The molecule has 0 amide bonds. The number of pyridine rings is 1. The van der Waals surface area contributed by atoms with Gasteiger partial charge in [-0.3, -0.25) is 4.21 Å². The number of rotatable bonds is 2. The van der Waals surface area contributed by atoms with Crippen molar-refractivity contribution in [2.75, 3.05) is 0 Å². The first kappa shape index (κ1) is 10.9. The maximum Gasteiger partial charge on any atom is 0.220 e. The Balaban J connectivity index is 2.43. The molecule has 82 valence electrons. The van der Waals surface area contributed by atoms with Gasteiger partial charge in [0.15, 0.2) is 0 Å². The Morgan fingerprint density at radius 2 is 1.88 bits per heavy atom. The Morgan fingerprint density at radius 1 is 1.19 bits per heavy atom. The molecule has 1 unspecified atom stereocenters. The largest absolute Gasteiger partial charge is 0.768 e. The summed E-state index contributed by atoms with van der Waals surface area (Å²) < 4.78 is 34.6. The minimum Gasteiger partial charge on any atom is -0.768 e. The van der Waals surface area contributed by atoms with Crippen LogP contribution >= 0.6 is 0 Å². The molecule has 2 aromatic rings. The van der Waals surface area contributed by atoms with Crippen LogP contribution < -0.4 is 0 Å². The second-order valence-corrected chi connectivity index (χ2v) is 4.04. The van der Waals surface area contributed by atoms with Gasteiger partial charge in [0.1, 0.15) is 0 Å². The van der Waals surface area contributed by atoms with Gasteiger partial charge in [-0.15, -0.1) is 0 Å². The van der Waals surface area contributed by atoms with Gasteiger partial charge in [-0.25, -0.2) is 4.98 Å². The number of aromatic nitrogens is 1. The van der Waals surface area contributed by atoms with Gasteiger partial charge in [0.2, 0.25) is 5.95 Å². The van der Waals surface area contributed by atoms with Crippen LogP contribution in [0, 0.1) is 5.95 Å². The summed E-state index contributed by atoms with van der Waals surface area (Å²) in [6.07, 6.45) is 1.36. The number of nitrogens with zero attached hydrogens (tertiary/aromatic N) is 1. The summed E-state index contributed by atoms with van der Waals surface area (Å²) in [5.41, 5.74) is 0.950. The zero-order chi connectivity index (χ0) is 11.5. The van der Waals surface area contributed by atoms with Crippen molar-refractivity contribution < 1.29 is 13.2 Å². The van der Waals surface area contributed by atoms with Crippen molar-refractivity contribution in [3.63, 3.8) is 0 Å². The van der Waals surface area contributed by atoms with Crippen LogP contribution in [0.4, 0.5) is 4.39 Å². The third kappa shape index (κ3) is 2.15. The van der Waals surface area contributed by atoms with Crippen LogP contribution in [0.2, 0.25) is 0 Å². The number of halogens is 1. The standard InChI is InChI=1S/C11H8FNO2S/c12-11-10(2-1-7-13-11)8-3-5-9(6-4-8)16(14)15/h1-7H,(H,14,15)/p-1. The lowest BCUT2D eigenvalue weighted by atomic mass is 10.1. The molecule has 1 atom stereocenters. The van der Waals surface area contributed by atoms with Gasteiger partial charge in [-0.05, 0) is 40.9 Å². The lowest BCUT2D eigenvalue weighted by molar-refractivity contribution is 0.537. The lowest BCUT2D eigenvalue weighted by Gasteiger charge is -2.06. The zero-order valence-corrected chi connectivity index (χ0v) is 8.91. The summed E-state index contributed by atoms with van der Waals surface area (Å²) in [5, 5.41) is 0. The summed E-state index contributed by atoms with van der Waals surface area (Å²) in [5.74, 6) is -0.571. The average molecular weight is 236 g/mol. The molecule has 3 nitrogen and oxygen atoms in total. The second kappa shape index (κ2) is 4.51. The number of hydrogen-bond acceptors (Lipinski definition) is 3. The monoisotopic (exact) mass is 236 g/mol. The second-order valence-electron chi connectivity index (χ2n) is 3.10. The normalized spacial score (nSPS) is 12.4.